The van der Waals surface area contributed by atoms with Crippen molar-refractivity contribution >= 4 is 11.8 Å². The number of rotatable bonds is 6. The van der Waals surface area contributed by atoms with Crippen LogP contribution in [0.15, 0.2) is 60.7 Å². The van der Waals surface area contributed by atoms with Crippen molar-refractivity contribution in [2.24, 2.45) is 11.1 Å². The van der Waals surface area contributed by atoms with Crippen molar-refractivity contribution in [1.82, 2.24) is 10.2 Å². The van der Waals surface area contributed by atoms with Crippen LogP contribution >= 0.6 is 0 Å². The third-order valence-corrected chi connectivity index (χ3v) is 5.33. The largest absolute Gasteiger partial charge is 0.345 e. The Morgan fingerprint density at radius 2 is 1.74 bits per heavy atom. The van der Waals surface area contributed by atoms with Crippen LogP contribution < -0.4 is 11.1 Å². The maximum absolute atomic E-state index is 12.9. The molecule has 2 unspecified atom stereocenters. The molecule has 1 aliphatic rings. The van der Waals surface area contributed by atoms with Gasteiger partial charge in [0.05, 0.1) is 12.5 Å². The first-order chi connectivity index (χ1) is 13.0. The maximum Gasteiger partial charge on any atom is 0.251 e. The summed E-state index contributed by atoms with van der Waals surface area (Å²) in [4.78, 5) is 27.4. The van der Waals surface area contributed by atoms with Crippen LogP contribution in [-0.4, -0.2) is 36.3 Å². The fourth-order valence-electron chi connectivity index (χ4n) is 3.48. The lowest BCUT2D eigenvalue weighted by Gasteiger charge is -2.25. The summed E-state index contributed by atoms with van der Waals surface area (Å²) in [6, 6.07) is 18.4. The number of nitrogens with one attached hydrogen (secondary N) is 1. The Morgan fingerprint density at radius 1 is 1.11 bits per heavy atom. The number of hydrogen-bond acceptors (Lipinski definition) is 3. The van der Waals surface area contributed by atoms with E-state index < -0.39 is 0 Å². The molecule has 0 spiro atoms. The molecule has 1 aliphatic heterocycles. The Morgan fingerprint density at radius 3 is 2.33 bits per heavy atom. The van der Waals surface area contributed by atoms with Gasteiger partial charge in [0.25, 0.3) is 5.91 Å². The number of carbonyl (C=O) groups is 2. The van der Waals surface area contributed by atoms with E-state index >= 15 is 0 Å². The van der Waals surface area contributed by atoms with Crippen LogP contribution in [0.2, 0.25) is 0 Å². The predicted molar refractivity (Wildman–Crippen MR) is 106 cm³/mol. The average molecular weight is 365 g/mol. The van der Waals surface area contributed by atoms with Crippen LogP contribution in [0.4, 0.5) is 0 Å². The second kappa shape index (κ2) is 8.35. The van der Waals surface area contributed by atoms with Crippen LogP contribution in [0, 0.1) is 5.41 Å². The zero-order valence-corrected chi connectivity index (χ0v) is 15.7. The fraction of sp³-hybridized carbons (Fsp3) is 0.364. The number of carbonyl (C=O) groups excluding carboxylic acids is 2. The maximum atomic E-state index is 12.9. The lowest BCUT2D eigenvalue weighted by Crippen LogP contribution is -2.37. The summed E-state index contributed by atoms with van der Waals surface area (Å²) in [5.41, 5.74) is 7.36. The summed E-state index contributed by atoms with van der Waals surface area (Å²) in [6.45, 7) is 4.09. The summed E-state index contributed by atoms with van der Waals surface area (Å²) in [5, 5.41) is 3.03. The quantitative estimate of drug-likeness (QED) is 0.826. The zero-order valence-electron chi connectivity index (χ0n) is 15.7. The summed E-state index contributed by atoms with van der Waals surface area (Å²) >= 11 is 0. The molecular weight excluding hydrogens is 338 g/mol. The van der Waals surface area contributed by atoms with E-state index in [0.717, 1.165) is 18.5 Å². The average Bonchev–Trinajstić information content (AvgIpc) is 3.12. The van der Waals surface area contributed by atoms with Crippen LogP contribution in [-0.2, 0) is 4.79 Å². The normalized spacial score (nSPS) is 20.3. The van der Waals surface area contributed by atoms with Crippen LogP contribution in [0.1, 0.15) is 41.7 Å². The lowest BCUT2D eigenvalue weighted by atomic mass is 9.90. The van der Waals surface area contributed by atoms with Crippen molar-refractivity contribution in [3.8, 4) is 0 Å². The molecule has 0 bridgehead atoms. The summed E-state index contributed by atoms with van der Waals surface area (Å²) in [7, 11) is 0. The summed E-state index contributed by atoms with van der Waals surface area (Å²) in [6.07, 6.45) is 1.16. The van der Waals surface area contributed by atoms with Crippen molar-refractivity contribution < 1.29 is 9.59 Å². The minimum absolute atomic E-state index is 0.00874. The second-order valence-corrected chi connectivity index (χ2v) is 7.59. The number of benzene rings is 2. The molecule has 2 aromatic carbocycles. The first kappa shape index (κ1) is 19.1. The Balaban J connectivity index is 1.73. The smallest absolute Gasteiger partial charge is 0.251 e. The Kier molecular flexibility index (Phi) is 5.91. The molecule has 1 heterocycles. The van der Waals surface area contributed by atoms with Crippen molar-refractivity contribution in [1.29, 1.82) is 0 Å². The van der Waals surface area contributed by atoms with E-state index in [1.54, 1.807) is 12.1 Å². The molecule has 3 rings (SSSR count). The van der Waals surface area contributed by atoms with Gasteiger partial charge in [0, 0.05) is 18.7 Å². The van der Waals surface area contributed by atoms with Crippen molar-refractivity contribution in [3.05, 3.63) is 71.8 Å². The molecule has 5 nitrogen and oxygen atoms in total. The molecular formula is C22H27N3O2. The Hall–Kier alpha value is -2.66. The number of hydrogen-bond donors (Lipinski definition) is 2. The second-order valence-electron chi connectivity index (χ2n) is 7.59. The van der Waals surface area contributed by atoms with Crippen LogP contribution in [0.3, 0.4) is 0 Å². The third-order valence-electron chi connectivity index (χ3n) is 5.33. The minimum atomic E-state index is -0.365. The molecule has 2 atom stereocenters. The van der Waals surface area contributed by atoms with E-state index in [1.807, 2.05) is 53.4 Å². The molecule has 0 aromatic heterocycles. The predicted octanol–water partition coefficient (Wildman–Crippen LogP) is 2.75. The van der Waals surface area contributed by atoms with E-state index in [9.17, 15) is 9.59 Å². The first-order valence-corrected chi connectivity index (χ1v) is 9.39. The van der Waals surface area contributed by atoms with E-state index in [1.165, 1.54) is 0 Å². The zero-order chi connectivity index (χ0) is 19.3. The van der Waals surface area contributed by atoms with Crippen molar-refractivity contribution in [2.45, 2.75) is 25.8 Å². The molecule has 2 amide bonds. The monoisotopic (exact) mass is 365 g/mol. The van der Waals surface area contributed by atoms with Crippen LogP contribution in [0.5, 0.6) is 0 Å². The van der Waals surface area contributed by atoms with Crippen molar-refractivity contribution in [2.75, 3.05) is 19.6 Å². The molecule has 27 heavy (non-hydrogen) atoms. The first-order valence-electron chi connectivity index (χ1n) is 9.39. The number of likely N-dealkylation sites (tertiary alicyclic amines) is 1. The highest BCUT2D eigenvalue weighted by Gasteiger charge is 2.35. The number of nitrogens with two attached hydrogens (primary N) is 1. The topological polar surface area (TPSA) is 75.4 Å². The van der Waals surface area contributed by atoms with E-state index in [2.05, 4.69) is 12.2 Å². The SMILES string of the molecule is CC1(CN)CCN(C(=O)CC(NC(=O)c2ccccc2)c2ccccc2)C1. The molecule has 3 N–H and O–H groups in total. The molecule has 0 aliphatic carbocycles. The fourth-order valence-corrected chi connectivity index (χ4v) is 3.48. The molecule has 5 heteroatoms. The van der Waals surface area contributed by atoms with Gasteiger partial charge in [-0.2, -0.15) is 0 Å². The molecule has 0 saturated carbocycles. The van der Waals surface area contributed by atoms with Gasteiger partial charge in [-0.15, -0.1) is 0 Å². The highest BCUT2D eigenvalue weighted by molar-refractivity contribution is 5.94. The van der Waals surface area contributed by atoms with Gasteiger partial charge in [0.2, 0.25) is 5.91 Å². The van der Waals surface area contributed by atoms with Gasteiger partial charge >= 0.3 is 0 Å². The van der Waals surface area contributed by atoms with Gasteiger partial charge in [-0.25, -0.2) is 0 Å². The molecule has 2 aromatic rings. The lowest BCUT2D eigenvalue weighted by molar-refractivity contribution is -0.131. The van der Waals surface area contributed by atoms with Gasteiger partial charge in [-0.05, 0) is 36.1 Å². The number of nitrogens with zero attached hydrogens (tertiary/aromatic N) is 1. The van der Waals surface area contributed by atoms with Gasteiger partial charge in [-0.3, -0.25) is 9.59 Å². The Bertz CT molecular complexity index is 779. The Labute approximate surface area is 160 Å². The summed E-state index contributed by atoms with van der Waals surface area (Å²) < 4.78 is 0. The van der Waals surface area contributed by atoms with Crippen LogP contribution in [0.25, 0.3) is 0 Å². The molecule has 142 valence electrons. The van der Waals surface area contributed by atoms with Crippen molar-refractivity contribution in [3.63, 3.8) is 0 Å². The molecule has 1 fully saturated rings. The van der Waals surface area contributed by atoms with E-state index in [4.69, 9.17) is 5.73 Å². The van der Waals surface area contributed by atoms with Gasteiger partial charge in [0.1, 0.15) is 0 Å². The highest BCUT2D eigenvalue weighted by Crippen LogP contribution is 2.30. The standard InChI is InChI=1S/C22H27N3O2/c1-22(15-23)12-13-25(16-22)20(26)14-19(17-8-4-2-5-9-17)24-21(27)18-10-6-3-7-11-18/h2-11,19H,12-16,23H2,1H3,(H,24,27). The highest BCUT2D eigenvalue weighted by atomic mass is 16.2. The van der Waals surface area contributed by atoms with E-state index in [-0.39, 0.29) is 29.7 Å². The molecule has 0 radical (unpaired) electrons. The van der Waals surface area contributed by atoms with Gasteiger partial charge in [0.15, 0.2) is 0 Å². The van der Waals surface area contributed by atoms with Gasteiger partial charge in [-0.1, -0.05) is 55.5 Å². The van der Waals surface area contributed by atoms with Gasteiger partial charge < -0.3 is 16.0 Å². The minimum Gasteiger partial charge on any atom is -0.345 e. The molecule has 1 saturated heterocycles. The number of amides is 2. The third kappa shape index (κ3) is 4.74. The van der Waals surface area contributed by atoms with E-state index in [0.29, 0.717) is 18.7 Å². The summed E-state index contributed by atoms with van der Waals surface area (Å²) in [5.74, 6) is -0.125.